The highest BCUT2D eigenvalue weighted by Crippen LogP contribution is 2.52. The Morgan fingerprint density at radius 3 is 1.08 bits per heavy atom. The van der Waals surface area contributed by atoms with Gasteiger partial charge in [0.2, 0.25) is 0 Å². The third-order valence-corrected chi connectivity index (χ3v) is 18.9. The van der Waals surface area contributed by atoms with E-state index in [1.165, 1.54) is 66.3 Å². The number of aryl methyl sites for hydroxylation is 4. The number of aromatic nitrogens is 4. The number of halogens is 1. The molecular weight excluding hydrogens is 1120 g/mol. The van der Waals surface area contributed by atoms with Crippen molar-refractivity contribution in [1.82, 2.24) is 19.5 Å². The number of rotatable bonds is 13. The molecule has 0 aliphatic rings. The van der Waals surface area contributed by atoms with Gasteiger partial charge in [0, 0.05) is 61.3 Å². The number of anilines is 6. The molecule has 90 heavy (non-hydrogen) atoms. The Bertz CT molecular complexity index is 4810. The predicted molar refractivity (Wildman–Crippen MR) is 379 cm³/mol. The molecule has 0 fully saturated rings. The molecule has 0 amide bonds. The quantitative estimate of drug-likeness (QED) is 0.115. The molecule has 0 aliphatic carbocycles. The van der Waals surface area contributed by atoms with E-state index in [0.29, 0.717) is 22.5 Å². The second kappa shape index (κ2) is 23.8. The van der Waals surface area contributed by atoms with E-state index in [2.05, 4.69) is 282 Å². The summed E-state index contributed by atoms with van der Waals surface area (Å²) in [4.78, 5) is 20.2. The fourth-order valence-corrected chi connectivity index (χ4v) is 13.5. The lowest BCUT2D eigenvalue weighted by molar-refractivity contribution is 1.07. The molecule has 2 aromatic heterocycles. The molecule has 0 bridgehead atoms. The zero-order valence-electron chi connectivity index (χ0n) is 51.9. The summed E-state index contributed by atoms with van der Waals surface area (Å²) in [5.41, 5.74) is 28.6. The van der Waals surface area contributed by atoms with Crippen molar-refractivity contribution >= 4 is 67.5 Å². The largest absolute Gasteiger partial charge is 0.309 e. The van der Waals surface area contributed by atoms with E-state index >= 15 is 0 Å². The van der Waals surface area contributed by atoms with Crippen molar-refractivity contribution in [3.8, 4) is 73.2 Å². The molecular formula is C83H67ClN6. The van der Waals surface area contributed by atoms with Gasteiger partial charge >= 0.3 is 0 Å². The molecule has 14 rings (SSSR count). The molecule has 7 heteroatoms. The summed E-state index contributed by atoms with van der Waals surface area (Å²) in [5, 5.41) is 3.23. The van der Waals surface area contributed by atoms with Crippen LogP contribution < -0.4 is 9.80 Å². The molecule has 0 aliphatic heterocycles. The fourth-order valence-electron chi connectivity index (χ4n) is 13.2. The van der Waals surface area contributed by atoms with E-state index in [1.807, 2.05) is 48.5 Å². The second-order valence-corrected chi connectivity index (χ2v) is 23.9. The zero-order valence-corrected chi connectivity index (χ0v) is 52.6. The van der Waals surface area contributed by atoms with Crippen molar-refractivity contribution < 1.29 is 0 Å². The first-order valence-corrected chi connectivity index (χ1v) is 31.2. The molecule has 436 valence electrons. The van der Waals surface area contributed by atoms with Crippen LogP contribution in [0.3, 0.4) is 0 Å². The molecule has 0 N–H and O–H groups in total. The maximum absolute atomic E-state index is 8.14. The number of nitrogens with zero attached hydrogens (tertiary/aromatic N) is 6. The molecule has 0 unspecified atom stereocenters. The number of hydrogen-bond donors (Lipinski definition) is 0. The van der Waals surface area contributed by atoms with Gasteiger partial charge in [0.25, 0.3) is 0 Å². The van der Waals surface area contributed by atoms with Gasteiger partial charge in [-0.05, 0) is 207 Å². The monoisotopic (exact) mass is 1180 g/mol. The highest BCUT2D eigenvalue weighted by molar-refractivity contribution is 6.37. The van der Waals surface area contributed by atoms with Crippen molar-refractivity contribution in [1.29, 1.82) is 0 Å². The summed E-state index contributed by atoms with van der Waals surface area (Å²) in [6.45, 7) is 18.4. The summed E-state index contributed by atoms with van der Waals surface area (Å²) in [6, 6.07) is 91.5. The minimum absolute atomic E-state index is 0.592. The first-order valence-electron chi connectivity index (χ1n) is 30.8. The number of fused-ring (bicyclic) bond motifs is 3. The van der Waals surface area contributed by atoms with Crippen LogP contribution in [0.2, 0.25) is 5.02 Å². The lowest BCUT2D eigenvalue weighted by Gasteiger charge is -2.32. The lowest BCUT2D eigenvalue weighted by atomic mass is 9.90. The minimum atomic E-state index is 0.592. The maximum Gasteiger partial charge on any atom is 0.164 e. The van der Waals surface area contributed by atoms with Crippen LogP contribution in [0.15, 0.2) is 261 Å². The van der Waals surface area contributed by atoms with Gasteiger partial charge in [-0.3, -0.25) is 0 Å². The third kappa shape index (κ3) is 10.1. The van der Waals surface area contributed by atoms with Crippen LogP contribution in [0.25, 0.3) is 95.0 Å². The normalized spacial score (nSPS) is 11.4. The molecule has 0 atom stereocenters. The number of para-hydroxylation sites is 4. The van der Waals surface area contributed by atoms with Crippen molar-refractivity contribution in [3.05, 3.63) is 310 Å². The Morgan fingerprint density at radius 2 is 0.644 bits per heavy atom. The van der Waals surface area contributed by atoms with E-state index in [0.717, 1.165) is 89.9 Å². The van der Waals surface area contributed by atoms with Gasteiger partial charge in [-0.25, -0.2) is 15.0 Å². The highest BCUT2D eigenvalue weighted by atomic mass is 35.5. The second-order valence-electron chi connectivity index (χ2n) is 23.5. The third-order valence-electron chi connectivity index (χ3n) is 18.5. The summed E-state index contributed by atoms with van der Waals surface area (Å²) in [5.74, 6) is 1.82. The van der Waals surface area contributed by atoms with Crippen molar-refractivity contribution in [2.75, 3.05) is 9.80 Å². The predicted octanol–water partition coefficient (Wildman–Crippen LogP) is 23.0. The number of benzene rings is 12. The molecule has 6 nitrogen and oxygen atoms in total. The smallest absolute Gasteiger partial charge is 0.164 e. The number of hydrogen-bond acceptors (Lipinski definition) is 5. The minimum Gasteiger partial charge on any atom is -0.309 e. The van der Waals surface area contributed by atoms with Gasteiger partial charge < -0.3 is 14.4 Å². The van der Waals surface area contributed by atoms with E-state index in [1.54, 1.807) is 0 Å². The lowest BCUT2D eigenvalue weighted by Crippen LogP contribution is -2.15. The summed E-state index contributed by atoms with van der Waals surface area (Å²) >= 11 is 8.14. The fraction of sp³-hybridized carbons (Fsp3) is 0.0964. The molecule has 0 spiro atoms. The van der Waals surface area contributed by atoms with Crippen LogP contribution in [0.4, 0.5) is 34.1 Å². The average Bonchev–Trinajstić information content (AvgIpc) is 1.53. The first-order chi connectivity index (χ1) is 43.9. The van der Waals surface area contributed by atoms with Gasteiger partial charge in [-0.15, -0.1) is 0 Å². The van der Waals surface area contributed by atoms with Crippen molar-refractivity contribution in [2.45, 2.75) is 55.4 Å². The average molecular weight is 1180 g/mol. The van der Waals surface area contributed by atoms with Crippen LogP contribution in [0.1, 0.15) is 44.5 Å². The Morgan fingerprint density at radius 1 is 0.289 bits per heavy atom. The zero-order chi connectivity index (χ0) is 61.7. The molecule has 0 radical (unpaired) electrons. The molecule has 0 saturated carbocycles. The van der Waals surface area contributed by atoms with Crippen LogP contribution in [0.5, 0.6) is 0 Å². The maximum atomic E-state index is 8.14. The topological polar surface area (TPSA) is 50.1 Å². The van der Waals surface area contributed by atoms with Gasteiger partial charge in [-0.2, -0.15) is 0 Å². The summed E-state index contributed by atoms with van der Waals surface area (Å²) in [6.07, 6.45) is 0. The Balaban J connectivity index is 0.998. The molecule has 0 saturated heterocycles. The van der Waals surface area contributed by atoms with Crippen molar-refractivity contribution in [2.24, 2.45) is 0 Å². The molecule has 14 aromatic rings. The highest BCUT2D eigenvalue weighted by Gasteiger charge is 2.29. The van der Waals surface area contributed by atoms with E-state index in [9.17, 15) is 0 Å². The Hall–Kier alpha value is -10.7. The van der Waals surface area contributed by atoms with E-state index in [-0.39, 0.29) is 0 Å². The van der Waals surface area contributed by atoms with Crippen molar-refractivity contribution in [3.63, 3.8) is 0 Å². The summed E-state index contributed by atoms with van der Waals surface area (Å²) < 4.78 is 2.58. The summed E-state index contributed by atoms with van der Waals surface area (Å²) in [7, 11) is 0. The van der Waals surface area contributed by atoms with Gasteiger partial charge in [0.1, 0.15) is 0 Å². The standard InChI is InChI=1S/C83H67ClN6/c1-52-54(3)58(7)78-75(56(52)5)76-57(6)53(2)55(4)59(8)79(76)90(78)73-47-45-66(83-86-81(60-29-15-9-16-30-60)85-82(87-83)61-31-17-10-18-32-61)51-72(73)65-36-28-34-63(50-65)62-33-27-35-64(49-62)71-46-48-74(88(67-37-19-11-20-38-67)68-39-21-12-22-40-68)77(84)80(71)89(69-41-23-13-24-42-69)70-43-25-14-26-44-70/h9-51H,1-8H3. The Kier molecular flexibility index (Phi) is 15.1. The van der Waals surface area contributed by atoms with E-state index in [4.69, 9.17) is 26.6 Å². The van der Waals surface area contributed by atoms with Gasteiger partial charge in [0.15, 0.2) is 17.5 Å². The van der Waals surface area contributed by atoms with Gasteiger partial charge in [0.05, 0.1) is 33.1 Å². The van der Waals surface area contributed by atoms with Crippen LogP contribution in [-0.2, 0) is 0 Å². The molecule has 12 aromatic carbocycles. The van der Waals surface area contributed by atoms with Crippen LogP contribution in [0, 0.1) is 55.4 Å². The van der Waals surface area contributed by atoms with Crippen LogP contribution >= 0.6 is 11.6 Å². The van der Waals surface area contributed by atoms with Crippen LogP contribution in [-0.4, -0.2) is 19.5 Å². The van der Waals surface area contributed by atoms with E-state index < -0.39 is 0 Å². The van der Waals surface area contributed by atoms with Gasteiger partial charge in [-0.1, -0.05) is 188 Å². The molecule has 2 heterocycles. The Labute approximate surface area is 532 Å². The first kappa shape index (κ1) is 57.1. The SMILES string of the molecule is Cc1c(C)c(C)c2c(c1C)c1c(C)c(C)c(C)c(C)c1n2-c1ccc(-c2nc(-c3ccccc3)nc(-c3ccccc3)n2)cc1-c1cccc(-c2cccc(-c3ccc(N(c4ccccc4)c4ccccc4)c(Cl)c3N(c3ccccc3)c3ccccc3)c2)c1.